The normalized spacial score (nSPS) is 11.1. The molecule has 1 N–H and O–H groups in total. The molecule has 7 heteroatoms. The topological polar surface area (TPSA) is 71.8 Å². The highest BCUT2D eigenvalue weighted by molar-refractivity contribution is 6.05. The van der Waals surface area contributed by atoms with Crippen LogP contribution in [0.1, 0.15) is 19.4 Å². The van der Waals surface area contributed by atoms with Crippen LogP contribution in [0.5, 0.6) is 5.75 Å². The number of hydrogen-bond acceptors (Lipinski definition) is 3. The van der Waals surface area contributed by atoms with Crippen LogP contribution in [0.2, 0.25) is 0 Å². The maximum absolute atomic E-state index is 14.3. The molecule has 35 heavy (non-hydrogen) atoms. The second-order valence-corrected chi connectivity index (χ2v) is 8.84. The van der Waals surface area contributed by atoms with E-state index < -0.39 is 11.9 Å². The molecule has 1 aromatic heterocycles. The predicted octanol–water partition coefficient (Wildman–Crippen LogP) is 6.16. The smallest absolute Gasteiger partial charge is 0.412 e. The first-order valence-electron chi connectivity index (χ1n) is 11.4. The molecule has 6 nitrogen and oxygen atoms in total. The van der Waals surface area contributed by atoms with Gasteiger partial charge in [-0.25, -0.2) is 9.18 Å². The third kappa shape index (κ3) is 5.04. The Morgan fingerprint density at radius 3 is 2.43 bits per heavy atom. The molecule has 0 atom stereocenters. The van der Waals surface area contributed by atoms with Crippen molar-refractivity contribution in [2.24, 2.45) is 5.92 Å². The summed E-state index contributed by atoms with van der Waals surface area (Å²) in [5.41, 5.74) is 1.59. The van der Waals surface area contributed by atoms with Crippen molar-refractivity contribution >= 4 is 22.7 Å². The zero-order chi connectivity index (χ0) is 25.1. The minimum absolute atomic E-state index is 0.0694. The predicted molar refractivity (Wildman–Crippen MR) is 136 cm³/mol. The third-order valence-corrected chi connectivity index (χ3v) is 5.73. The van der Waals surface area contributed by atoms with Gasteiger partial charge in [0.1, 0.15) is 24.0 Å². The quantitative estimate of drug-likeness (QED) is 0.348. The van der Waals surface area contributed by atoms with E-state index in [1.54, 1.807) is 30.3 Å². The Kier molecular flexibility index (Phi) is 6.87. The average molecular weight is 475 g/mol. The number of amides is 1. The summed E-state index contributed by atoms with van der Waals surface area (Å²) in [6, 6.07) is 20.7. The molecular weight excluding hydrogens is 447 g/mol. The summed E-state index contributed by atoms with van der Waals surface area (Å²) in [6.07, 6.45) is -1.23. The van der Waals surface area contributed by atoms with E-state index in [4.69, 9.17) is 4.74 Å². The first kappa shape index (κ1) is 24.0. The van der Waals surface area contributed by atoms with E-state index in [0.717, 1.165) is 10.5 Å². The Morgan fingerprint density at radius 1 is 1.03 bits per heavy atom. The molecule has 0 saturated heterocycles. The summed E-state index contributed by atoms with van der Waals surface area (Å²) in [5, 5.41) is 10.8. The van der Waals surface area contributed by atoms with Crippen LogP contribution in [0.3, 0.4) is 0 Å². The van der Waals surface area contributed by atoms with E-state index >= 15 is 0 Å². The first-order valence-corrected chi connectivity index (χ1v) is 11.4. The Hall–Kier alpha value is -4.13. The van der Waals surface area contributed by atoms with Gasteiger partial charge in [0.05, 0.1) is 0 Å². The van der Waals surface area contributed by atoms with Crippen LogP contribution in [-0.4, -0.2) is 22.8 Å². The van der Waals surface area contributed by atoms with Crippen LogP contribution in [0.15, 0.2) is 77.6 Å². The van der Waals surface area contributed by atoms with E-state index in [-0.39, 0.29) is 17.3 Å². The molecule has 0 unspecified atom stereocenters. The largest absolute Gasteiger partial charge is 0.489 e. The standard InChI is InChI=1S/C28H27FN2O4/c1-18(2)16-31-26(30(3)28(33)34)25(20-10-7-11-21(29)14-20)24-15-22(12-13-23(24)27(31)32)35-17-19-8-5-4-6-9-19/h4-15,18H,16-17H2,1-3H3,(H,33,34). The van der Waals surface area contributed by atoms with Gasteiger partial charge in [-0.1, -0.05) is 56.3 Å². The molecule has 1 heterocycles. The van der Waals surface area contributed by atoms with Gasteiger partial charge in [0.15, 0.2) is 0 Å². The van der Waals surface area contributed by atoms with Crippen molar-refractivity contribution in [1.82, 2.24) is 4.57 Å². The fraction of sp³-hybridized carbons (Fsp3) is 0.214. The van der Waals surface area contributed by atoms with Crippen LogP contribution in [0, 0.1) is 11.7 Å². The maximum atomic E-state index is 14.3. The van der Waals surface area contributed by atoms with E-state index in [1.165, 1.54) is 23.7 Å². The van der Waals surface area contributed by atoms with E-state index in [9.17, 15) is 19.1 Å². The Bertz CT molecular complexity index is 1430. The maximum Gasteiger partial charge on any atom is 0.412 e. The molecule has 0 saturated carbocycles. The molecule has 0 radical (unpaired) electrons. The summed E-state index contributed by atoms with van der Waals surface area (Å²) in [6.45, 7) is 4.53. The highest BCUT2D eigenvalue weighted by Gasteiger charge is 2.25. The highest BCUT2D eigenvalue weighted by Crippen LogP contribution is 2.38. The lowest BCUT2D eigenvalue weighted by molar-refractivity contribution is 0.203. The number of benzene rings is 3. The van der Waals surface area contributed by atoms with E-state index in [0.29, 0.717) is 40.8 Å². The van der Waals surface area contributed by atoms with Crippen molar-refractivity contribution in [2.45, 2.75) is 27.0 Å². The van der Waals surface area contributed by atoms with E-state index in [2.05, 4.69) is 0 Å². The first-order chi connectivity index (χ1) is 16.8. The van der Waals surface area contributed by atoms with Gasteiger partial charge in [-0.05, 0) is 47.4 Å². The molecule has 0 bridgehead atoms. The van der Waals surface area contributed by atoms with Gasteiger partial charge in [-0.3, -0.25) is 14.3 Å². The number of anilines is 1. The molecule has 0 aliphatic rings. The number of rotatable bonds is 7. The average Bonchev–Trinajstić information content (AvgIpc) is 2.84. The van der Waals surface area contributed by atoms with Crippen LogP contribution in [-0.2, 0) is 13.2 Å². The molecule has 4 rings (SSSR count). The summed E-state index contributed by atoms with van der Waals surface area (Å²) < 4.78 is 21.7. The van der Waals surface area contributed by atoms with Crippen LogP contribution < -0.4 is 15.2 Å². The number of aromatic nitrogens is 1. The Balaban J connectivity index is 2.00. The zero-order valence-electron chi connectivity index (χ0n) is 19.9. The summed E-state index contributed by atoms with van der Waals surface area (Å²) >= 11 is 0. The molecular formula is C28H27FN2O4. The fourth-order valence-electron chi connectivity index (χ4n) is 4.15. The van der Waals surface area contributed by atoms with Gasteiger partial charge < -0.3 is 9.84 Å². The van der Waals surface area contributed by atoms with Crippen LogP contribution in [0.25, 0.3) is 21.9 Å². The molecule has 180 valence electrons. The van der Waals surface area contributed by atoms with E-state index in [1.807, 2.05) is 44.2 Å². The lowest BCUT2D eigenvalue weighted by Crippen LogP contribution is -2.34. The highest BCUT2D eigenvalue weighted by atomic mass is 19.1. The second kappa shape index (κ2) is 10.0. The van der Waals surface area contributed by atoms with Crippen molar-refractivity contribution in [3.8, 4) is 16.9 Å². The molecule has 0 fully saturated rings. The summed E-state index contributed by atoms with van der Waals surface area (Å²) in [7, 11) is 1.39. The van der Waals surface area contributed by atoms with Gasteiger partial charge in [-0.2, -0.15) is 0 Å². The number of pyridine rings is 1. The number of ether oxygens (including phenoxy) is 1. The molecule has 3 aromatic carbocycles. The lowest BCUT2D eigenvalue weighted by atomic mass is 9.98. The van der Waals surface area contributed by atoms with Crippen molar-refractivity contribution in [3.63, 3.8) is 0 Å². The zero-order valence-corrected chi connectivity index (χ0v) is 19.9. The minimum atomic E-state index is -1.23. The van der Waals surface area contributed by atoms with Gasteiger partial charge in [-0.15, -0.1) is 0 Å². The van der Waals surface area contributed by atoms with Gasteiger partial charge in [0.25, 0.3) is 5.56 Å². The fourth-order valence-corrected chi connectivity index (χ4v) is 4.15. The monoisotopic (exact) mass is 474 g/mol. The van der Waals surface area contributed by atoms with Crippen LogP contribution >= 0.6 is 0 Å². The minimum Gasteiger partial charge on any atom is -0.489 e. The van der Waals surface area contributed by atoms with Crippen LogP contribution in [0.4, 0.5) is 15.0 Å². The number of halogens is 1. The molecule has 0 aliphatic heterocycles. The van der Waals surface area contributed by atoms with Crippen molar-refractivity contribution in [1.29, 1.82) is 0 Å². The van der Waals surface area contributed by atoms with Gasteiger partial charge in [0.2, 0.25) is 0 Å². The van der Waals surface area contributed by atoms with Gasteiger partial charge >= 0.3 is 6.09 Å². The number of carboxylic acid groups (broad SMARTS) is 1. The lowest BCUT2D eigenvalue weighted by Gasteiger charge is -2.26. The number of hydrogen-bond donors (Lipinski definition) is 1. The summed E-state index contributed by atoms with van der Waals surface area (Å²) in [4.78, 5) is 26.7. The molecule has 0 aliphatic carbocycles. The van der Waals surface area contributed by atoms with Crippen molar-refractivity contribution in [2.75, 3.05) is 11.9 Å². The molecule has 4 aromatic rings. The van der Waals surface area contributed by atoms with Crippen molar-refractivity contribution < 1.29 is 19.0 Å². The molecule has 1 amide bonds. The second-order valence-electron chi connectivity index (χ2n) is 8.84. The SMILES string of the molecule is CC(C)Cn1c(N(C)C(=O)O)c(-c2cccc(F)c2)c2cc(OCc3ccccc3)ccc2c1=O. The Labute approximate surface area is 202 Å². The Morgan fingerprint density at radius 2 is 1.77 bits per heavy atom. The number of fused-ring (bicyclic) bond motifs is 1. The number of carbonyl (C=O) groups is 1. The molecule has 0 spiro atoms. The third-order valence-electron chi connectivity index (χ3n) is 5.73. The summed E-state index contributed by atoms with van der Waals surface area (Å²) in [5.74, 6) is 0.316. The van der Waals surface area contributed by atoms with Gasteiger partial charge in [0, 0.05) is 29.9 Å². The van der Waals surface area contributed by atoms with Crippen molar-refractivity contribution in [3.05, 3.63) is 94.5 Å². The number of nitrogens with zero attached hydrogens (tertiary/aromatic N) is 2.